The number of carbonyl (C=O) groups excluding carboxylic acids is 1. The van der Waals surface area contributed by atoms with Crippen molar-refractivity contribution >= 4 is 5.78 Å². The van der Waals surface area contributed by atoms with Gasteiger partial charge in [0.25, 0.3) is 0 Å². The van der Waals surface area contributed by atoms with Gasteiger partial charge in [-0.3, -0.25) is 4.79 Å². The van der Waals surface area contributed by atoms with Crippen LogP contribution in [0, 0.1) is 23.2 Å². The van der Waals surface area contributed by atoms with Gasteiger partial charge < -0.3 is 9.84 Å². The van der Waals surface area contributed by atoms with Crippen molar-refractivity contribution in [2.24, 2.45) is 23.2 Å². The van der Waals surface area contributed by atoms with Gasteiger partial charge in [-0.15, -0.1) is 0 Å². The zero-order chi connectivity index (χ0) is 17.4. The lowest BCUT2D eigenvalue weighted by atomic mass is 9.49. The average molecular weight is 344 g/mol. The first-order valence-electron chi connectivity index (χ1n) is 10.6. The fourth-order valence-electron chi connectivity index (χ4n) is 7.60. The Morgan fingerprint density at radius 2 is 2.08 bits per heavy atom. The second-order valence-electron chi connectivity index (χ2n) is 9.77. The smallest absolute Gasteiger partial charge is 0.155 e. The van der Waals surface area contributed by atoms with Crippen molar-refractivity contribution in [1.29, 1.82) is 0 Å². The number of fused-ring (bicyclic) bond motifs is 7. The molecule has 1 heterocycles. The quantitative estimate of drug-likeness (QED) is 0.781. The largest absolute Gasteiger partial charge is 0.385 e. The predicted molar refractivity (Wildman–Crippen MR) is 96.1 cm³/mol. The van der Waals surface area contributed by atoms with Crippen LogP contribution in [0.25, 0.3) is 0 Å². The minimum Gasteiger partial charge on any atom is -0.385 e. The van der Waals surface area contributed by atoms with E-state index in [-0.39, 0.29) is 11.4 Å². The number of rotatable bonds is 3. The van der Waals surface area contributed by atoms with Crippen LogP contribution in [0.3, 0.4) is 0 Å². The van der Waals surface area contributed by atoms with Crippen molar-refractivity contribution < 1.29 is 14.6 Å². The highest BCUT2D eigenvalue weighted by Crippen LogP contribution is 2.73. The summed E-state index contributed by atoms with van der Waals surface area (Å²) in [5.41, 5.74) is 0.812. The fourth-order valence-corrected chi connectivity index (χ4v) is 7.60. The van der Waals surface area contributed by atoms with Crippen LogP contribution in [-0.4, -0.2) is 28.2 Å². The number of ether oxygens (including phenoxy) is 1. The van der Waals surface area contributed by atoms with Crippen molar-refractivity contribution in [3.63, 3.8) is 0 Å². The number of carbonyl (C=O) groups is 1. The third-order valence-corrected chi connectivity index (χ3v) is 8.98. The summed E-state index contributed by atoms with van der Waals surface area (Å²) in [5, 5.41) is 11.5. The summed E-state index contributed by atoms with van der Waals surface area (Å²) in [6.07, 6.45) is 12.7. The minimum atomic E-state index is -0.692. The van der Waals surface area contributed by atoms with Crippen LogP contribution < -0.4 is 0 Å². The second-order valence-corrected chi connectivity index (χ2v) is 9.77. The molecule has 0 radical (unpaired) electrons. The van der Waals surface area contributed by atoms with Crippen LogP contribution in [0.2, 0.25) is 0 Å². The summed E-state index contributed by atoms with van der Waals surface area (Å²) in [4.78, 5) is 11.8. The molecule has 0 spiro atoms. The Balaban J connectivity index is 1.45. The average Bonchev–Trinajstić information content (AvgIpc) is 3.25. The third kappa shape index (κ3) is 1.97. The number of hydrogen-bond acceptors (Lipinski definition) is 3. The Morgan fingerprint density at radius 1 is 1.24 bits per heavy atom. The van der Waals surface area contributed by atoms with Gasteiger partial charge in [-0.25, -0.2) is 0 Å². The maximum absolute atomic E-state index is 11.8. The lowest BCUT2D eigenvalue weighted by Gasteiger charge is -2.57. The predicted octanol–water partition coefficient (Wildman–Crippen LogP) is 4.18. The molecule has 3 saturated carbocycles. The van der Waals surface area contributed by atoms with E-state index in [1.165, 1.54) is 32.1 Å². The molecule has 1 saturated heterocycles. The summed E-state index contributed by atoms with van der Waals surface area (Å²) in [6.45, 7) is 4.77. The van der Waals surface area contributed by atoms with Gasteiger partial charge in [0.15, 0.2) is 5.78 Å². The van der Waals surface area contributed by atoms with Crippen LogP contribution in [-0.2, 0) is 9.53 Å². The molecule has 3 nitrogen and oxygen atoms in total. The number of ketones is 1. The second kappa shape index (κ2) is 5.19. The number of hydrogen-bond donors (Lipinski definition) is 1. The van der Waals surface area contributed by atoms with Crippen molar-refractivity contribution in [3.8, 4) is 0 Å². The molecule has 1 N–H and O–H groups in total. The molecule has 7 atom stereocenters. The first kappa shape index (κ1) is 16.5. The lowest BCUT2D eigenvalue weighted by Crippen LogP contribution is -2.56. The molecule has 0 unspecified atom stereocenters. The molecule has 138 valence electrons. The number of epoxide rings is 1. The zero-order valence-electron chi connectivity index (χ0n) is 15.7. The Bertz CT molecular complexity index is 639. The van der Waals surface area contributed by atoms with E-state index in [1.54, 1.807) is 6.08 Å². The SMILES string of the molecule is CCCC[C@@]12O[C@@H]1C[C@H]1[C@@H]3CCC4=CC(=O)CC[C@]4(O)[C@H]3CC[C@@]12C. The molecule has 5 rings (SSSR count). The van der Waals surface area contributed by atoms with Crippen molar-refractivity contribution in [2.75, 3.05) is 0 Å². The van der Waals surface area contributed by atoms with Crippen LogP contribution >= 0.6 is 0 Å². The molecule has 3 heteroatoms. The van der Waals surface area contributed by atoms with Crippen molar-refractivity contribution in [2.45, 2.75) is 95.4 Å². The summed E-state index contributed by atoms with van der Waals surface area (Å²) in [7, 11) is 0. The molecule has 25 heavy (non-hydrogen) atoms. The molecule has 0 aromatic carbocycles. The van der Waals surface area contributed by atoms with Crippen molar-refractivity contribution in [1.82, 2.24) is 0 Å². The Morgan fingerprint density at radius 3 is 2.88 bits per heavy atom. The Kier molecular flexibility index (Phi) is 3.43. The maximum Gasteiger partial charge on any atom is 0.155 e. The normalized spacial score (nSPS) is 53.4. The van der Waals surface area contributed by atoms with E-state index in [2.05, 4.69) is 13.8 Å². The molecular weight excluding hydrogens is 312 g/mol. The van der Waals surface area contributed by atoms with Gasteiger partial charge in [0.2, 0.25) is 0 Å². The first-order valence-corrected chi connectivity index (χ1v) is 10.6. The van der Waals surface area contributed by atoms with E-state index in [0.29, 0.717) is 42.1 Å². The van der Waals surface area contributed by atoms with E-state index in [1.807, 2.05) is 0 Å². The molecule has 0 amide bonds. The molecule has 4 fully saturated rings. The molecular formula is C22H32O3. The van der Waals surface area contributed by atoms with Gasteiger partial charge in [-0.05, 0) is 74.3 Å². The fraction of sp³-hybridized carbons (Fsp3) is 0.864. The highest BCUT2D eigenvalue weighted by atomic mass is 16.6. The van der Waals surface area contributed by atoms with Gasteiger partial charge >= 0.3 is 0 Å². The standard InChI is InChI=1S/C22H32O3/c1-3-4-9-22-19(25-22)13-18-16-6-5-14-12-15(23)7-11-21(14,24)17(16)8-10-20(18,22)2/h12,16-19,24H,3-11,13H2,1-2H3/t16-,17+,18+,19-,20+,21-,22-/m1/s1. The van der Waals surface area contributed by atoms with E-state index in [0.717, 1.165) is 24.8 Å². The zero-order valence-corrected chi connectivity index (χ0v) is 15.7. The highest BCUT2D eigenvalue weighted by molar-refractivity contribution is 5.92. The Labute approximate surface area is 151 Å². The summed E-state index contributed by atoms with van der Waals surface area (Å²) in [6, 6.07) is 0. The van der Waals surface area contributed by atoms with Gasteiger partial charge in [-0.2, -0.15) is 0 Å². The summed E-state index contributed by atoms with van der Waals surface area (Å²) < 4.78 is 6.32. The van der Waals surface area contributed by atoms with E-state index >= 15 is 0 Å². The maximum atomic E-state index is 11.8. The van der Waals surface area contributed by atoms with Crippen molar-refractivity contribution in [3.05, 3.63) is 11.6 Å². The van der Waals surface area contributed by atoms with E-state index < -0.39 is 5.60 Å². The van der Waals surface area contributed by atoms with E-state index in [9.17, 15) is 9.90 Å². The molecule has 0 aromatic rings. The topological polar surface area (TPSA) is 49.8 Å². The number of aliphatic hydroxyl groups is 1. The van der Waals surface area contributed by atoms with Gasteiger partial charge in [0, 0.05) is 11.8 Å². The van der Waals surface area contributed by atoms with Crippen LogP contribution in [0.5, 0.6) is 0 Å². The highest BCUT2D eigenvalue weighted by Gasteiger charge is 2.76. The monoisotopic (exact) mass is 344 g/mol. The molecule has 5 aliphatic rings. The minimum absolute atomic E-state index is 0.153. The summed E-state index contributed by atoms with van der Waals surface area (Å²) in [5.74, 6) is 1.89. The molecule has 1 aliphatic heterocycles. The molecule has 0 bridgehead atoms. The van der Waals surface area contributed by atoms with Crippen LogP contribution in [0.15, 0.2) is 11.6 Å². The molecule has 0 aromatic heterocycles. The van der Waals surface area contributed by atoms with Crippen LogP contribution in [0.1, 0.15) is 78.1 Å². The van der Waals surface area contributed by atoms with Gasteiger partial charge in [0.05, 0.1) is 11.7 Å². The lowest BCUT2D eigenvalue weighted by molar-refractivity contribution is -0.134. The molecule has 4 aliphatic carbocycles. The van der Waals surface area contributed by atoms with Crippen LogP contribution in [0.4, 0.5) is 0 Å². The third-order valence-electron chi connectivity index (χ3n) is 8.98. The Hall–Kier alpha value is -0.670. The number of unbranched alkanes of at least 4 members (excludes halogenated alkanes) is 1. The van der Waals surface area contributed by atoms with Gasteiger partial charge in [0.1, 0.15) is 5.60 Å². The van der Waals surface area contributed by atoms with E-state index in [4.69, 9.17) is 4.74 Å². The van der Waals surface area contributed by atoms with Gasteiger partial charge in [-0.1, -0.05) is 26.7 Å². The summed E-state index contributed by atoms with van der Waals surface area (Å²) >= 11 is 0. The first-order chi connectivity index (χ1) is 11.9.